The van der Waals surface area contributed by atoms with Gasteiger partial charge in [0, 0.05) is 35.9 Å². The fourth-order valence-electron chi connectivity index (χ4n) is 5.91. The second kappa shape index (κ2) is 12.6. The second-order valence-corrected chi connectivity index (χ2v) is 11.9. The molecule has 1 atom stereocenters. The van der Waals surface area contributed by atoms with E-state index in [4.69, 9.17) is 14.0 Å². The van der Waals surface area contributed by atoms with Gasteiger partial charge < -0.3 is 18.9 Å². The molecule has 2 aliphatic rings. The van der Waals surface area contributed by atoms with E-state index in [1.54, 1.807) is 4.90 Å². The van der Waals surface area contributed by atoms with Crippen molar-refractivity contribution in [1.82, 2.24) is 14.9 Å². The lowest BCUT2D eigenvalue weighted by atomic mass is 9.98. The van der Waals surface area contributed by atoms with Gasteiger partial charge in [0.2, 0.25) is 5.71 Å². The molecule has 42 heavy (non-hydrogen) atoms. The number of H-pyrrole nitrogens is 1. The number of hydrogen-bond acceptors (Lipinski definition) is 8. The molecule has 1 saturated carbocycles. The molecule has 0 spiro atoms. The number of amides is 1. The molecule has 6 rings (SSSR count). The van der Waals surface area contributed by atoms with Crippen LogP contribution < -0.4 is 16.0 Å². The Balaban J connectivity index is 1.21. The highest BCUT2D eigenvalue weighted by Gasteiger charge is 2.32. The summed E-state index contributed by atoms with van der Waals surface area (Å²) in [7, 11) is 0. The Hall–Kier alpha value is -3.74. The van der Waals surface area contributed by atoms with E-state index in [9.17, 15) is 14.4 Å². The maximum absolute atomic E-state index is 13.2. The Kier molecular flexibility index (Phi) is 8.54. The van der Waals surface area contributed by atoms with Crippen LogP contribution in [0.5, 0.6) is 6.01 Å². The summed E-state index contributed by atoms with van der Waals surface area (Å²) in [5, 5.41) is 6.57. The Bertz CT molecular complexity index is 1750. The van der Waals surface area contributed by atoms with Crippen LogP contribution in [0.1, 0.15) is 56.1 Å². The molecule has 11 heteroatoms. The van der Waals surface area contributed by atoms with Gasteiger partial charge in [-0.1, -0.05) is 70.2 Å². The molecular formula is C31H31IN4O6. The number of nitrogens with one attached hydrogen (secondary N) is 1. The predicted molar refractivity (Wildman–Crippen MR) is 168 cm³/mol. The topological polar surface area (TPSA) is 127 Å². The highest BCUT2D eigenvalue weighted by Crippen LogP contribution is 2.26. The van der Waals surface area contributed by atoms with E-state index >= 15 is 0 Å². The number of aromatic amines is 1. The first kappa shape index (κ1) is 28.4. The van der Waals surface area contributed by atoms with Gasteiger partial charge in [0.25, 0.3) is 5.56 Å². The van der Waals surface area contributed by atoms with Gasteiger partial charge in [-0.3, -0.25) is 9.78 Å². The first-order valence-electron chi connectivity index (χ1n) is 14.3. The number of oxime groups is 1. The summed E-state index contributed by atoms with van der Waals surface area (Å²) in [5.41, 5.74) is 1.05. The third-order valence-corrected chi connectivity index (χ3v) is 8.62. The van der Waals surface area contributed by atoms with E-state index in [1.807, 2.05) is 42.5 Å². The normalized spacial score (nSPS) is 18.6. The molecule has 0 radical (unpaired) electrons. The standard InChI is InChI=1S/C31H31IN4O6/c32-14-12-23-18-22(13-15-36(23)31(39)40-24-9-2-3-10-24)35-42-30-33-28(38)27-21(17-26(37)41-29(27)34-30)16-20-8-5-7-19-6-1-4-11-25(19)20/h1,4-8,11,17,23-24H,2-3,9-10,12-16,18H2,(H,33,34,38)/b35-22+. The van der Waals surface area contributed by atoms with Gasteiger partial charge in [0.05, 0.1) is 5.71 Å². The predicted octanol–water partition coefficient (Wildman–Crippen LogP) is 5.72. The number of nitrogens with zero attached hydrogens (tertiary/aromatic N) is 3. The van der Waals surface area contributed by atoms with Gasteiger partial charge in [-0.25, -0.2) is 9.59 Å². The van der Waals surface area contributed by atoms with Gasteiger partial charge in [0.1, 0.15) is 11.5 Å². The zero-order valence-electron chi connectivity index (χ0n) is 23.0. The molecule has 2 aromatic carbocycles. The zero-order valence-corrected chi connectivity index (χ0v) is 25.2. The number of carbonyl (C=O) groups is 1. The molecule has 3 heterocycles. The van der Waals surface area contributed by atoms with Crippen molar-refractivity contribution in [2.45, 2.75) is 63.5 Å². The van der Waals surface area contributed by atoms with Gasteiger partial charge in [-0.05, 0) is 60.4 Å². The van der Waals surface area contributed by atoms with Crippen LogP contribution in [0, 0.1) is 0 Å². The summed E-state index contributed by atoms with van der Waals surface area (Å²) in [6.07, 6.45) is 6.02. The van der Waals surface area contributed by atoms with Crippen molar-refractivity contribution in [1.29, 1.82) is 0 Å². The molecule has 1 saturated heterocycles. The van der Waals surface area contributed by atoms with Gasteiger partial charge >= 0.3 is 17.7 Å². The molecule has 0 bridgehead atoms. The fourth-order valence-corrected chi connectivity index (χ4v) is 6.63. The minimum absolute atomic E-state index is 0.0135. The SMILES string of the molecule is O=C(OC1CCCC1)N1CC/C(=N\Oc2nc3oc(=O)cc(Cc4cccc5ccccc45)c3c(=O)[nH]2)CC1CCI. The fraction of sp³-hybridized carbons (Fsp3) is 0.387. The van der Waals surface area contributed by atoms with Crippen LogP contribution in [-0.4, -0.2) is 49.8 Å². The molecule has 218 valence electrons. The minimum atomic E-state index is -0.605. The molecule has 1 N–H and O–H groups in total. The maximum Gasteiger partial charge on any atom is 0.410 e. The van der Waals surface area contributed by atoms with Crippen molar-refractivity contribution in [2.24, 2.45) is 5.16 Å². The quantitative estimate of drug-likeness (QED) is 0.150. The van der Waals surface area contributed by atoms with E-state index in [2.05, 4.69) is 37.7 Å². The lowest BCUT2D eigenvalue weighted by molar-refractivity contribution is 0.0514. The largest absolute Gasteiger partial charge is 0.446 e. The van der Waals surface area contributed by atoms with Crippen molar-refractivity contribution >= 4 is 56.3 Å². The van der Waals surface area contributed by atoms with Crippen LogP contribution in [0.15, 0.2) is 67.7 Å². The number of rotatable bonds is 7. The first-order valence-corrected chi connectivity index (χ1v) is 15.8. The molecule has 2 fully saturated rings. The molecule has 10 nitrogen and oxygen atoms in total. The number of halogens is 1. The van der Waals surface area contributed by atoms with Crippen molar-refractivity contribution in [2.75, 3.05) is 11.0 Å². The van der Waals surface area contributed by atoms with Gasteiger partial charge in [0.15, 0.2) is 0 Å². The minimum Gasteiger partial charge on any atom is -0.446 e. The summed E-state index contributed by atoms with van der Waals surface area (Å²) < 4.78 is 11.9. The number of alkyl halides is 1. The molecular weight excluding hydrogens is 651 g/mol. The Labute approximate surface area is 255 Å². The third-order valence-electron chi connectivity index (χ3n) is 8.00. The lowest BCUT2D eigenvalue weighted by Crippen LogP contribution is -2.47. The summed E-state index contributed by atoms with van der Waals surface area (Å²) >= 11 is 2.30. The molecule has 2 aromatic heterocycles. The maximum atomic E-state index is 13.2. The zero-order chi connectivity index (χ0) is 29.1. The van der Waals surface area contributed by atoms with Crippen LogP contribution >= 0.6 is 22.6 Å². The van der Waals surface area contributed by atoms with Gasteiger partial charge in [-0.15, -0.1) is 0 Å². The number of benzene rings is 2. The van der Waals surface area contributed by atoms with Crippen LogP contribution in [0.2, 0.25) is 0 Å². The molecule has 1 amide bonds. The smallest absolute Gasteiger partial charge is 0.410 e. The van der Waals surface area contributed by atoms with Crippen LogP contribution in [0.3, 0.4) is 0 Å². The molecule has 1 aliphatic carbocycles. The van der Waals surface area contributed by atoms with E-state index < -0.39 is 11.2 Å². The van der Waals surface area contributed by atoms with E-state index in [1.165, 1.54) is 6.07 Å². The highest BCUT2D eigenvalue weighted by molar-refractivity contribution is 14.1. The van der Waals surface area contributed by atoms with E-state index in [0.717, 1.165) is 58.6 Å². The number of hydrogen-bond donors (Lipinski definition) is 1. The summed E-state index contributed by atoms with van der Waals surface area (Å²) in [6, 6.07) is 15.0. The van der Waals surface area contributed by atoms with Crippen molar-refractivity contribution in [3.8, 4) is 6.01 Å². The van der Waals surface area contributed by atoms with E-state index in [-0.39, 0.29) is 35.3 Å². The monoisotopic (exact) mass is 682 g/mol. The molecule has 4 aromatic rings. The highest BCUT2D eigenvalue weighted by atomic mass is 127. The molecule has 1 aliphatic heterocycles. The summed E-state index contributed by atoms with van der Waals surface area (Å²) in [5.74, 6) is 0. The van der Waals surface area contributed by atoms with Gasteiger partial charge in [-0.2, -0.15) is 4.98 Å². The van der Waals surface area contributed by atoms with Crippen molar-refractivity contribution in [3.05, 3.63) is 80.4 Å². The summed E-state index contributed by atoms with van der Waals surface area (Å²) in [4.78, 5) is 52.7. The lowest BCUT2D eigenvalue weighted by Gasteiger charge is -2.35. The number of ether oxygens (including phenoxy) is 1. The number of likely N-dealkylation sites (tertiary alicyclic amines) is 1. The Morgan fingerprint density at radius 2 is 1.93 bits per heavy atom. The number of piperidine rings is 1. The summed E-state index contributed by atoms with van der Waals surface area (Å²) in [6.45, 7) is 0.475. The average molecular weight is 683 g/mol. The third kappa shape index (κ3) is 6.20. The Morgan fingerprint density at radius 3 is 2.76 bits per heavy atom. The average Bonchev–Trinajstić information content (AvgIpc) is 3.49. The van der Waals surface area contributed by atoms with Crippen molar-refractivity contribution < 1.29 is 18.8 Å². The van der Waals surface area contributed by atoms with Crippen LogP contribution in [-0.2, 0) is 11.2 Å². The van der Waals surface area contributed by atoms with Crippen molar-refractivity contribution in [3.63, 3.8) is 0 Å². The number of aromatic nitrogens is 2. The number of carbonyl (C=O) groups excluding carboxylic acids is 1. The van der Waals surface area contributed by atoms with Crippen LogP contribution in [0.4, 0.5) is 4.79 Å². The molecule has 1 unspecified atom stereocenters. The number of fused-ring (bicyclic) bond motifs is 2. The van der Waals surface area contributed by atoms with Crippen LogP contribution in [0.25, 0.3) is 21.9 Å². The second-order valence-electron chi connectivity index (χ2n) is 10.8. The first-order chi connectivity index (χ1) is 20.5. The Morgan fingerprint density at radius 1 is 1.12 bits per heavy atom. The van der Waals surface area contributed by atoms with E-state index in [0.29, 0.717) is 31.4 Å².